The third kappa shape index (κ3) is 3.01. The first kappa shape index (κ1) is 13.3. The molecule has 1 amide bonds. The first-order chi connectivity index (χ1) is 9.13. The Bertz CT molecular complexity index is 466. The number of hydrogen-bond acceptors (Lipinski definition) is 7. The minimum absolute atomic E-state index is 0.148. The highest BCUT2D eigenvalue weighted by Crippen LogP contribution is 2.22. The highest BCUT2D eigenvalue weighted by Gasteiger charge is 2.28. The van der Waals surface area contributed by atoms with E-state index in [4.69, 9.17) is 10.5 Å². The highest BCUT2D eigenvalue weighted by atomic mass is 16.5. The molecule has 0 saturated carbocycles. The average Bonchev–Trinajstić information content (AvgIpc) is 2.88. The average molecular weight is 266 g/mol. The molecule has 0 aliphatic carbocycles. The predicted molar refractivity (Wildman–Crippen MR) is 70.1 cm³/mol. The van der Waals surface area contributed by atoms with E-state index < -0.39 is 0 Å². The SMILES string of the molecule is CCOc1nc(NC)nc(N2CCC(C(N)=O)C2)n1. The predicted octanol–water partition coefficient (Wildman–Crippen LogP) is -0.376. The third-order valence-electron chi connectivity index (χ3n) is 2.97. The molecule has 0 bridgehead atoms. The van der Waals surface area contributed by atoms with Crippen molar-refractivity contribution >= 4 is 17.8 Å². The molecule has 1 unspecified atom stereocenters. The van der Waals surface area contributed by atoms with Gasteiger partial charge in [-0.2, -0.15) is 15.0 Å². The number of nitrogens with zero attached hydrogens (tertiary/aromatic N) is 4. The molecular formula is C11H18N6O2. The highest BCUT2D eigenvalue weighted by molar-refractivity contribution is 5.78. The van der Waals surface area contributed by atoms with Crippen LogP contribution in [0.5, 0.6) is 6.01 Å². The maximum absolute atomic E-state index is 11.2. The second-order valence-corrected chi connectivity index (χ2v) is 4.26. The van der Waals surface area contributed by atoms with E-state index in [9.17, 15) is 4.79 Å². The monoisotopic (exact) mass is 266 g/mol. The summed E-state index contributed by atoms with van der Waals surface area (Å²) in [6, 6.07) is 0.277. The van der Waals surface area contributed by atoms with Gasteiger partial charge in [0.25, 0.3) is 0 Å². The van der Waals surface area contributed by atoms with Crippen LogP contribution in [0.4, 0.5) is 11.9 Å². The molecule has 0 spiro atoms. The van der Waals surface area contributed by atoms with E-state index in [-0.39, 0.29) is 17.8 Å². The van der Waals surface area contributed by atoms with E-state index in [1.165, 1.54) is 0 Å². The van der Waals surface area contributed by atoms with Gasteiger partial charge in [-0.25, -0.2) is 0 Å². The van der Waals surface area contributed by atoms with Crippen LogP contribution in [0.1, 0.15) is 13.3 Å². The Morgan fingerprint density at radius 3 is 2.89 bits per heavy atom. The zero-order valence-corrected chi connectivity index (χ0v) is 11.1. The summed E-state index contributed by atoms with van der Waals surface area (Å²) in [6.07, 6.45) is 0.722. The lowest BCUT2D eigenvalue weighted by Gasteiger charge is -2.16. The Morgan fingerprint density at radius 2 is 2.32 bits per heavy atom. The molecule has 19 heavy (non-hydrogen) atoms. The summed E-state index contributed by atoms with van der Waals surface area (Å²) < 4.78 is 5.30. The van der Waals surface area contributed by atoms with Crippen LogP contribution in [-0.4, -0.2) is 47.6 Å². The topological polar surface area (TPSA) is 106 Å². The first-order valence-corrected chi connectivity index (χ1v) is 6.25. The second-order valence-electron chi connectivity index (χ2n) is 4.26. The summed E-state index contributed by atoms with van der Waals surface area (Å²) in [6.45, 7) is 3.58. The molecule has 104 valence electrons. The molecule has 1 fully saturated rings. The maximum Gasteiger partial charge on any atom is 0.323 e. The number of anilines is 2. The normalized spacial score (nSPS) is 18.4. The van der Waals surface area contributed by atoms with E-state index in [0.717, 1.165) is 6.42 Å². The van der Waals surface area contributed by atoms with Gasteiger partial charge < -0.3 is 20.7 Å². The summed E-state index contributed by atoms with van der Waals surface area (Å²) in [4.78, 5) is 25.7. The molecule has 8 nitrogen and oxygen atoms in total. The van der Waals surface area contributed by atoms with Crippen LogP contribution in [0.3, 0.4) is 0 Å². The Hall–Kier alpha value is -2.12. The van der Waals surface area contributed by atoms with Crippen molar-refractivity contribution in [2.45, 2.75) is 13.3 Å². The van der Waals surface area contributed by atoms with Crippen molar-refractivity contribution in [1.82, 2.24) is 15.0 Å². The Morgan fingerprint density at radius 1 is 1.53 bits per heavy atom. The fourth-order valence-corrected chi connectivity index (χ4v) is 1.97. The Kier molecular flexibility index (Phi) is 3.98. The van der Waals surface area contributed by atoms with E-state index in [1.54, 1.807) is 7.05 Å². The number of carbonyl (C=O) groups excluding carboxylic acids is 1. The summed E-state index contributed by atoms with van der Waals surface area (Å²) in [7, 11) is 1.73. The molecule has 1 aliphatic rings. The molecule has 8 heteroatoms. The lowest BCUT2D eigenvalue weighted by atomic mass is 10.1. The van der Waals surface area contributed by atoms with Gasteiger partial charge in [0.1, 0.15) is 0 Å². The zero-order chi connectivity index (χ0) is 13.8. The van der Waals surface area contributed by atoms with Crippen LogP contribution in [0, 0.1) is 5.92 Å². The molecule has 1 aliphatic heterocycles. The quantitative estimate of drug-likeness (QED) is 0.748. The molecule has 0 radical (unpaired) electrons. The van der Waals surface area contributed by atoms with Gasteiger partial charge in [0, 0.05) is 20.1 Å². The molecule has 3 N–H and O–H groups in total. The fraction of sp³-hybridized carbons (Fsp3) is 0.636. The number of carbonyl (C=O) groups is 1. The van der Waals surface area contributed by atoms with Crippen LogP contribution in [0.25, 0.3) is 0 Å². The number of primary amides is 1. The van der Waals surface area contributed by atoms with Crippen LogP contribution in [-0.2, 0) is 4.79 Å². The van der Waals surface area contributed by atoms with E-state index in [1.807, 2.05) is 11.8 Å². The van der Waals surface area contributed by atoms with Crippen LogP contribution in [0.15, 0.2) is 0 Å². The maximum atomic E-state index is 11.2. The first-order valence-electron chi connectivity index (χ1n) is 6.25. The number of amides is 1. The lowest BCUT2D eigenvalue weighted by molar-refractivity contribution is -0.121. The van der Waals surface area contributed by atoms with Gasteiger partial charge in [-0.15, -0.1) is 0 Å². The second kappa shape index (κ2) is 5.68. The van der Waals surface area contributed by atoms with Crippen molar-refractivity contribution in [2.75, 3.05) is 37.0 Å². The molecule has 1 aromatic rings. The number of rotatable bonds is 5. The molecule has 0 aromatic carbocycles. The van der Waals surface area contributed by atoms with Gasteiger partial charge in [-0.3, -0.25) is 4.79 Å². The van der Waals surface area contributed by atoms with Gasteiger partial charge in [0.2, 0.25) is 17.8 Å². The third-order valence-corrected chi connectivity index (χ3v) is 2.97. The zero-order valence-electron chi connectivity index (χ0n) is 11.1. The van der Waals surface area contributed by atoms with Crippen molar-refractivity contribution in [3.8, 4) is 6.01 Å². The summed E-state index contributed by atoms with van der Waals surface area (Å²) >= 11 is 0. The molecule has 2 heterocycles. The van der Waals surface area contributed by atoms with Gasteiger partial charge in [0.05, 0.1) is 12.5 Å². The van der Waals surface area contributed by atoms with E-state index >= 15 is 0 Å². The van der Waals surface area contributed by atoms with Crippen molar-refractivity contribution in [3.63, 3.8) is 0 Å². The smallest absolute Gasteiger partial charge is 0.323 e. The molecular weight excluding hydrogens is 248 g/mol. The van der Waals surface area contributed by atoms with Gasteiger partial charge in [-0.1, -0.05) is 0 Å². The van der Waals surface area contributed by atoms with Crippen molar-refractivity contribution < 1.29 is 9.53 Å². The number of nitrogens with two attached hydrogens (primary N) is 1. The molecule has 1 atom stereocenters. The summed E-state index contributed by atoms with van der Waals surface area (Å²) in [5.74, 6) is 0.517. The van der Waals surface area contributed by atoms with E-state index in [2.05, 4.69) is 20.3 Å². The van der Waals surface area contributed by atoms with Gasteiger partial charge >= 0.3 is 6.01 Å². The van der Waals surface area contributed by atoms with Crippen LogP contribution in [0.2, 0.25) is 0 Å². The molecule has 2 rings (SSSR count). The fourth-order valence-electron chi connectivity index (χ4n) is 1.97. The van der Waals surface area contributed by atoms with Crippen molar-refractivity contribution in [3.05, 3.63) is 0 Å². The largest absolute Gasteiger partial charge is 0.464 e. The number of nitrogens with one attached hydrogen (secondary N) is 1. The Labute approximate surface area is 111 Å². The lowest BCUT2D eigenvalue weighted by Crippen LogP contribution is -2.28. The number of hydrogen-bond donors (Lipinski definition) is 2. The standard InChI is InChI=1S/C11H18N6O2/c1-3-19-11-15-9(13-2)14-10(16-11)17-5-4-7(6-17)8(12)18/h7H,3-6H2,1-2H3,(H2,12,18)(H,13,14,15,16). The van der Waals surface area contributed by atoms with Crippen molar-refractivity contribution in [1.29, 1.82) is 0 Å². The summed E-state index contributed by atoms with van der Waals surface area (Å²) in [5, 5.41) is 2.86. The summed E-state index contributed by atoms with van der Waals surface area (Å²) in [5.41, 5.74) is 5.32. The minimum atomic E-state index is -0.282. The Balaban J connectivity index is 2.19. The molecule has 1 aromatic heterocycles. The van der Waals surface area contributed by atoms with E-state index in [0.29, 0.717) is 31.6 Å². The van der Waals surface area contributed by atoms with Gasteiger partial charge in [-0.05, 0) is 13.3 Å². The minimum Gasteiger partial charge on any atom is -0.464 e. The van der Waals surface area contributed by atoms with Crippen LogP contribution >= 0.6 is 0 Å². The number of aromatic nitrogens is 3. The molecule has 1 saturated heterocycles. The number of ether oxygens (including phenoxy) is 1. The van der Waals surface area contributed by atoms with Gasteiger partial charge in [0.15, 0.2) is 0 Å². The van der Waals surface area contributed by atoms with Crippen LogP contribution < -0.4 is 20.7 Å². The van der Waals surface area contributed by atoms with Crippen molar-refractivity contribution in [2.24, 2.45) is 11.7 Å².